The topological polar surface area (TPSA) is 0 Å². The Morgan fingerprint density at radius 1 is 1.50 bits per heavy atom. The summed E-state index contributed by atoms with van der Waals surface area (Å²) in [7, 11) is 0. The zero-order valence-electron chi connectivity index (χ0n) is 4.85. The average Bonchev–Trinajstić information content (AvgIpc) is 1.69. The summed E-state index contributed by atoms with van der Waals surface area (Å²) in [4.78, 5) is 0. The van der Waals surface area contributed by atoms with Crippen LogP contribution < -0.4 is 0 Å². The first kappa shape index (κ1) is 10.5. The predicted octanol–water partition coefficient (Wildman–Crippen LogP) is 3.16. The van der Waals surface area contributed by atoms with Gasteiger partial charge in [0.05, 0.1) is 0 Å². The Hall–Kier alpha value is -0.520. The van der Waals surface area contributed by atoms with E-state index in [4.69, 9.17) is 0 Å². The van der Waals surface area contributed by atoms with E-state index in [9.17, 15) is 0 Å². The molecule has 0 fully saturated rings. The van der Waals surface area contributed by atoms with Crippen LogP contribution in [0.1, 0.15) is 27.2 Å². The molecule has 0 saturated heterocycles. The Labute approximate surface area is 52.9 Å². The van der Waals surface area contributed by atoms with Gasteiger partial charge in [0.1, 0.15) is 0 Å². The normalized spacial score (nSPS) is 8.62. The van der Waals surface area contributed by atoms with Gasteiger partial charge in [0.25, 0.3) is 0 Å². The number of unbranched alkanes of at least 4 members (excludes halogenated alkanes) is 1. The fraction of sp³-hybridized carbons (Fsp3) is 0.500. The average molecular weight is 112 g/mol. The lowest BCUT2D eigenvalue weighted by molar-refractivity contribution is 0.959. The van der Waals surface area contributed by atoms with E-state index in [1.807, 2.05) is 6.08 Å². The van der Waals surface area contributed by atoms with E-state index < -0.39 is 0 Å². The van der Waals surface area contributed by atoms with E-state index >= 15 is 0 Å². The zero-order valence-corrected chi connectivity index (χ0v) is 4.85. The molecule has 0 aliphatic rings. The second kappa shape index (κ2) is 9.70. The number of rotatable bonds is 3. The molecule has 0 saturated carbocycles. The van der Waals surface area contributed by atoms with Gasteiger partial charge in [0, 0.05) is 0 Å². The van der Waals surface area contributed by atoms with Gasteiger partial charge in [-0.1, -0.05) is 45.6 Å². The van der Waals surface area contributed by atoms with Gasteiger partial charge in [-0.2, -0.15) is 0 Å². The SMILES string of the molecule is C.C=CC=CCCC. The second-order valence-corrected chi connectivity index (χ2v) is 1.45. The maximum atomic E-state index is 3.55. The van der Waals surface area contributed by atoms with Gasteiger partial charge in [-0.3, -0.25) is 0 Å². The van der Waals surface area contributed by atoms with Crippen LogP contribution in [0.2, 0.25) is 0 Å². The van der Waals surface area contributed by atoms with Crippen molar-refractivity contribution in [2.75, 3.05) is 0 Å². The summed E-state index contributed by atoms with van der Waals surface area (Å²) in [6.07, 6.45) is 8.29. The van der Waals surface area contributed by atoms with Crippen LogP contribution in [0.15, 0.2) is 24.8 Å². The second-order valence-electron chi connectivity index (χ2n) is 1.45. The van der Waals surface area contributed by atoms with Crippen LogP contribution in [0.5, 0.6) is 0 Å². The quantitative estimate of drug-likeness (QED) is 0.492. The fourth-order valence-electron chi connectivity index (χ4n) is 0.359. The van der Waals surface area contributed by atoms with E-state index in [2.05, 4.69) is 19.6 Å². The Balaban J connectivity index is 0. The first-order valence-corrected chi connectivity index (χ1v) is 2.69. The Kier molecular flexibility index (Phi) is 12.7. The predicted molar refractivity (Wildman–Crippen MR) is 41.0 cm³/mol. The largest absolute Gasteiger partial charge is 0.0991 e. The van der Waals surface area contributed by atoms with Crippen molar-refractivity contribution in [3.63, 3.8) is 0 Å². The van der Waals surface area contributed by atoms with Crippen LogP contribution in [0.25, 0.3) is 0 Å². The molecule has 0 spiro atoms. The summed E-state index contributed by atoms with van der Waals surface area (Å²) in [5, 5.41) is 0. The summed E-state index contributed by atoms with van der Waals surface area (Å²) < 4.78 is 0. The third-order valence-corrected chi connectivity index (χ3v) is 0.728. The van der Waals surface area contributed by atoms with Crippen molar-refractivity contribution in [2.45, 2.75) is 27.2 Å². The van der Waals surface area contributed by atoms with Gasteiger partial charge in [-0.25, -0.2) is 0 Å². The molecule has 0 aromatic rings. The van der Waals surface area contributed by atoms with Crippen LogP contribution in [0.3, 0.4) is 0 Å². The number of allylic oxidation sites excluding steroid dienone is 3. The highest BCUT2D eigenvalue weighted by Crippen LogP contribution is 1.86. The molecule has 0 unspecified atom stereocenters. The summed E-state index contributed by atoms with van der Waals surface area (Å²) >= 11 is 0. The summed E-state index contributed by atoms with van der Waals surface area (Å²) in [5.41, 5.74) is 0. The summed E-state index contributed by atoms with van der Waals surface area (Å²) in [6.45, 7) is 5.71. The molecular weight excluding hydrogens is 96.1 g/mol. The molecule has 0 aromatic carbocycles. The van der Waals surface area contributed by atoms with Crippen molar-refractivity contribution >= 4 is 0 Å². The van der Waals surface area contributed by atoms with Crippen LogP contribution in [-0.4, -0.2) is 0 Å². The van der Waals surface area contributed by atoms with E-state index in [1.165, 1.54) is 12.8 Å². The highest BCUT2D eigenvalue weighted by Gasteiger charge is 1.66. The maximum absolute atomic E-state index is 3.55. The smallest absolute Gasteiger partial charge is 0.0350 e. The van der Waals surface area contributed by atoms with Gasteiger partial charge in [-0.05, 0) is 6.42 Å². The summed E-state index contributed by atoms with van der Waals surface area (Å²) in [6, 6.07) is 0. The molecule has 0 bridgehead atoms. The zero-order chi connectivity index (χ0) is 5.54. The molecule has 0 atom stereocenters. The minimum absolute atomic E-state index is 0. The van der Waals surface area contributed by atoms with Crippen LogP contribution in [0.4, 0.5) is 0 Å². The Morgan fingerprint density at radius 2 is 2.12 bits per heavy atom. The number of hydrogen-bond donors (Lipinski definition) is 0. The molecule has 0 nitrogen and oxygen atoms in total. The van der Waals surface area contributed by atoms with E-state index in [0.29, 0.717) is 0 Å². The lowest BCUT2D eigenvalue weighted by Gasteiger charge is -1.77. The van der Waals surface area contributed by atoms with Gasteiger partial charge >= 0.3 is 0 Å². The standard InChI is InChI=1S/C7H12.CH4/c1-3-5-7-6-4-2;/h3,5,7H,1,4,6H2,2H3;1H4. The van der Waals surface area contributed by atoms with Gasteiger partial charge in [-0.15, -0.1) is 0 Å². The van der Waals surface area contributed by atoms with Crippen LogP contribution in [0, 0.1) is 0 Å². The van der Waals surface area contributed by atoms with Gasteiger partial charge < -0.3 is 0 Å². The monoisotopic (exact) mass is 112 g/mol. The molecule has 0 radical (unpaired) electrons. The minimum atomic E-state index is 0. The van der Waals surface area contributed by atoms with Crippen molar-refractivity contribution < 1.29 is 0 Å². The highest BCUT2D eigenvalue weighted by molar-refractivity contribution is 4.96. The Bertz CT molecular complexity index is 60.4. The maximum Gasteiger partial charge on any atom is -0.0350 e. The van der Waals surface area contributed by atoms with E-state index in [-0.39, 0.29) is 7.43 Å². The number of hydrogen-bond acceptors (Lipinski definition) is 0. The molecule has 0 aromatic heterocycles. The van der Waals surface area contributed by atoms with Gasteiger partial charge in [0.15, 0.2) is 0 Å². The molecule has 0 rings (SSSR count). The third kappa shape index (κ3) is 9.08. The minimum Gasteiger partial charge on any atom is -0.0991 e. The molecule has 48 valence electrons. The third-order valence-electron chi connectivity index (χ3n) is 0.728. The van der Waals surface area contributed by atoms with Crippen LogP contribution >= 0.6 is 0 Å². The molecule has 0 heterocycles. The molecule has 0 aliphatic heterocycles. The van der Waals surface area contributed by atoms with Crippen molar-refractivity contribution in [3.05, 3.63) is 24.8 Å². The molecular formula is C8H16. The van der Waals surface area contributed by atoms with E-state index in [0.717, 1.165) is 0 Å². The lowest BCUT2D eigenvalue weighted by Crippen LogP contribution is -1.56. The van der Waals surface area contributed by atoms with Gasteiger partial charge in [0.2, 0.25) is 0 Å². The fourth-order valence-corrected chi connectivity index (χ4v) is 0.359. The molecule has 0 N–H and O–H groups in total. The highest BCUT2D eigenvalue weighted by atomic mass is 13.7. The Morgan fingerprint density at radius 3 is 2.50 bits per heavy atom. The van der Waals surface area contributed by atoms with Crippen molar-refractivity contribution in [3.8, 4) is 0 Å². The summed E-state index contributed by atoms with van der Waals surface area (Å²) in [5.74, 6) is 0. The van der Waals surface area contributed by atoms with Crippen LogP contribution in [-0.2, 0) is 0 Å². The van der Waals surface area contributed by atoms with Crippen molar-refractivity contribution in [1.29, 1.82) is 0 Å². The first-order chi connectivity index (χ1) is 3.41. The molecule has 0 amide bonds. The molecule has 0 heteroatoms. The lowest BCUT2D eigenvalue weighted by atomic mass is 10.3. The van der Waals surface area contributed by atoms with E-state index in [1.54, 1.807) is 6.08 Å². The van der Waals surface area contributed by atoms with Crippen molar-refractivity contribution in [1.82, 2.24) is 0 Å². The molecule has 8 heavy (non-hydrogen) atoms. The molecule has 0 aliphatic carbocycles. The first-order valence-electron chi connectivity index (χ1n) is 2.69. The van der Waals surface area contributed by atoms with Crippen molar-refractivity contribution in [2.24, 2.45) is 0 Å².